The summed E-state index contributed by atoms with van der Waals surface area (Å²) in [5.74, 6) is -0.00586. The van der Waals surface area contributed by atoms with Crippen LogP contribution in [0.1, 0.15) is 61.7 Å². The first-order valence-electron chi connectivity index (χ1n) is 7.13. The first-order valence-corrected chi connectivity index (χ1v) is 7.13. The zero-order valence-electron chi connectivity index (χ0n) is 11.6. The second-order valence-electron chi connectivity index (χ2n) is 4.88. The van der Waals surface area contributed by atoms with Crippen molar-refractivity contribution in [3.63, 3.8) is 0 Å². The maximum Gasteiger partial charge on any atom is 0.170 e. The molecule has 0 aliphatic heterocycles. The van der Waals surface area contributed by atoms with Crippen molar-refractivity contribution in [1.82, 2.24) is 0 Å². The molecule has 0 N–H and O–H groups in total. The van der Waals surface area contributed by atoms with E-state index in [9.17, 15) is 9.59 Å². The van der Waals surface area contributed by atoms with Gasteiger partial charge >= 0.3 is 0 Å². The average molecular weight is 259 g/mol. The van der Waals surface area contributed by atoms with Crippen LogP contribution < -0.4 is 0 Å². The van der Waals surface area contributed by atoms with Crippen molar-refractivity contribution in [3.8, 4) is 0 Å². The summed E-state index contributed by atoms with van der Waals surface area (Å²) in [5.41, 5.74) is 0.631. The Balaban J connectivity index is 2.16. The molecule has 1 aromatic rings. The Hall–Kier alpha value is -1.44. The Labute approximate surface area is 116 Å². The summed E-state index contributed by atoms with van der Waals surface area (Å²) in [6.45, 7) is 3.80. The second-order valence-corrected chi connectivity index (χ2v) is 4.88. The minimum absolute atomic E-state index is 0.0445. The lowest BCUT2D eigenvalue weighted by Crippen LogP contribution is -2.07. The molecule has 19 heavy (non-hydrogen) atoms. The van der Waals surface area contributed by atoms with Gasteiger partial charge in [0, 0.05) is 12.0 Å². The van der Waals surface area contributed by atoms with Crippen LogP contribution in [-0.2, 0) is 4.79 Å². The van der Waals surface area contributed by atoms with E-state index in [2.05, 4.69) is 6.92 Å². The predicted octanol–water partition coefficient (Wildman–Crippen LogP) is 4.39. The molecule has 2 nitrogen and oxygen atoms in total. The molecule has 0 unspecified atom stereocenters. The van der Waals surface area contributed by atoms with E-state index in [0.29, 0.717) is 12.0 Å². The summed E-state index contributed by atoms with van der Waals surface area (Å²) in [4.78, 5) is 23.5. The second kappa shape index (κ2) is 9.48. The first kappa shape index (κ1) is 15.6. The van der Waals surface area contributed by atoms with Crippen LogP contribution in [0.4, 0.5) is 0 Å². The molecule has 103 valence electrons. The summed E-state index contributed by atoms with van der Waals surface area (Å²) in [6, 6.07) is 9.02. The Morgan fingerprint density at radius 3 is 2.21 bits per heavy atom. The molecule has 0 fully saturated rings. The highest BCUT2D eigenvalue weighted by molar-refractivity contribution is 6.07. The highest BCUT2D eigenvalue weighted by atomic mass is 16.1. The fourth-order valence-electron chi connectivity index (χ4n) is 2.02. The van der Waals surface area contributed by atoms with Gasteiger partial charge < -0.3 is 0 Å². The lowest BCUT2D eigenvalue weighted by Gasteiger charge is -2.02. The van der Waals surface area contributed by atoms with Crippen molar-refractivity contribution in [2.24, 2.45) is 0 Å². The van der Waals surface area contributed by atoms with E-state index in [-0.39, 0.29) is 18.0 Å². The van der Waals surface area contributed by atoms with Gasteiger partial charge in [-0.15, -0.1) is 0 Å². The van der Waals surface area contributed by atoms with Crippen molar-refractivity contribution in [3.05, 3.63) is 42.8 Å². The van der Waals surface area contributed by atoms with Crippen LogP contribution in [0.3, 0.4) is 0 Å². The Bertz CT molecular complexity index is 382. The minimum Gasteiger partial charge on any atom is -0.299 e. The lowest BCUT2D eigenvalue weighted by molar-refractivity contribution is -0.118. The number of benzene rings is 1. The highest BCUT2D eigenvalue weighted by Crippen LogP contribution is 2.10. The number of carbonyl (C=O) groups excluding carboxylic acids is 2. The van der Waals surface area contributed by atoms with Crippen molar-refractivity contribution in [1.29, 1.82) is 0 Å². The molecule has 0 spiro atoms. The van der Waals surface area contributed by atoms with Crippen molar-refractivity contribution >= 4 is 11.6 Å². The third kappa shape index (κ3) is 6.90. The zero-order valence-corrected chi connectivity index (χ0v) is 11.6. The third-order valence-corrected chi connectivity index (χ3v) is 3.16. The maximum absolute atomic E-state index is 11.8. The number of ketones is 2. The van der Waals surface area contributed by atoms with Crippen LogP contribution in [0.2, 0.25) is 0 Å². The molecule has 0 saturated carbocycles. The fraction of sp³-hybridized carbons (Fsp3) is 0.471. The van der Waals surface area contributed by atoms with Gasteiger partial charge in [-0.2, -0.15) is 0 Å². The topological polar surface area (TPSA) is 34.1 Å². The van der Waals surface area contributed by atoms with Gasteiger partial charge in [0.15, 0.2) is 5.78 Å². The van der Waals surface area contributed by atoms with Gasteiger partial charge in [0.05, 0.1) is 6.42 Å². The Morgan fingerprint density at radius 1 is 0.895 bits per heavy atom. The van der Waals surface area contributed by atoms with Crippen LogP contribution in [0.5, 0.6) is 0 Å². The number of carbonyl (C=O) groups is 2. The van der Waals surface area contributed by atoms with E-state index in [1.54, 1.807) is 12.1 Å². The van der Waals surface area contributed by atoms with E-state index in [0.717, 1.165) is 25.7 Å². The van der Waals surface area contributed by atoms with Crippen LogP contribution in [0.25, 0.3) is 0 Å². The lowest BCUT2D eigenvalue weighted by atomic mass is 10.0. The average Bonchev–Trinajstić information content (AvgIpc) is 2.43. The van der Waals surface area contributed by atoms with Gasteiger partial charge in [-0.1, -0.05) is 69.4 Å². The normalized spacial score (nSPS) is 10.4. The smallest absolute Gasteiger partial charge is 0.170 e. The van der Waals surface area contributed by atoms with Gasteiger partial charge in [-0.05, 0) is 6.42 Å². The van der Waals surface area contributed by atoms with Gasteiger partial charge in [-0.25, -0.2) is 0 Å². The minimum atomic E-state index is -0.0670. The number of hydrogen-bond acceptors (Lipinski definition) is 2. The molecular formula is C17H23O2. The molecule has 0 amide bonds. The van der Waals surface area contributed by atoms with Crippen LogP contribution in [0, 0.1) is 6.92 Å². The molecule has 0 aliphatic rings. The van der Waals surface area contributed by atoms with Crippen LogP contribution in [-0.4, -0.2) is 11.6 Å². The van der Waals surface area contributed by atoms with Crippen molar-refractivity contribution in [2.45, 2.75) is 51.4 Å². The van der Waals surface area contributed by atoms with E-state index in [1.165, 1.54) is 12.8 Å². The number of Topliss-reactive ketones (excluding diaryl/α,β-unsaturated/α-hetero) is 2. The molecule has 0 aliphatic carbocycles. The zero-order chi connectivity index (χ0) is 13.9. The number of rotatable bonds is 10. The molecule has 0 atom stereocenters. The molecule has 1 rings (SSSR count). The molecule has 1 aromatic carbocycles. The monoisotopic (exact) mass is 259 g/mol. The molecule has 0 saturated heterocycles. The Kier molecular flexibility index (Phi) is 7.80. The van der Waals surface area contributed by atoms with Crippen molar-refractivity contribution < 1.29 is 9.59 Å². The molecule has 0 bridgehead atoms. The molecular weight excluding hydrogens is 236 g/mol. The number of hydrogen-bond donors (Lipinski definition) is 0. The van der Waals surface area contributed by atoms with Gasteiger partial charge in [0.25, 0.3) is 0 Å². The van der Waals surface area contributed by atoms with E-state index in [1.807, 2.05) is 18.2 Å². The van der Waals surface area contributed by atoms with Gasteiger partial charge in [0.2, 0.25) is 0 Å². The van der Waals surface area contributed by atoms with E-state index in [4.69, 9.17) is 0 Å². The van der Waals surface area contributed by atoms with E-state index < -0.39 is 0 Å². The van der Waals surface area contributed by atoms with Gasteiger partial charge in [-0.3, -0.25) is 9.59 Å². The summed E-state index contributed by atoms with van der Waals surface area (Å²) < 4.78 is 0. The Morgan fingerprint density at radius 2 is 1.53 bits per heavy atom. The predicted molar refractivity (Wildman–Crippen MR) is 78.1 cm³/mol. The SMILES string of the molecule is [CH2]CCCCCCCC(=O)CC(=O)c1ccccc1. The maximum atomic E-state index is 11.8. The van der Waals surface area contributed by atoms with Crippen molar-refractivity contribution in [2.75, 3.05) is 0 Å². The van der Waals surface area contributed by atoms with Crippen LogP contribution in [0.15, 0.2) is 30.3 Å². The summed E-state index contributed by atoms with van der Waals surface area (Å²) in [5, 5.41) is 0. The summed E-state index contributed by atoms with van der Waals surface area (Å²) in [6.07, 6.45) is 7.07. The largest absolute Gasteiger partial charge is 0.299 e. The van der Waals surface area contributed by atoms with E-state index >= 15 is 0 Å². The molecule has 2 heteroatoms. The highest BCUT2D eigenvalue weighted by Gasteiger charge is 2.10. The fourth-order valence-corrected chi connectivity index (χ4v) is 2.02. The quantitative estimate of drug-likeness (QED) is 0.355. The summed E-state index contributed by atoms with van der Waals surface area (Å²) >= 11 is 0. The summed E-state index contributed by atoms with van der Waals surface area (Å²) in [7, 11) is 0. The number of unbranched alkanes of at least 4 members (excludes halogenated alkanes) is 5. The van der Waals surface area contributed by atoms with Crippen LogP contribution >= 0.6 is 0 Å². The van der Waals surface area contributed by atoms with Gasteiger partial charge in [0.1, 0.15) is 5.78 Å². The standard InChI is InChI=1S/C17H23O2/c1-2-3-4-5-6-10-13-16(18)14-17(19)15-11-8-7-9-12-15/h7-9,11-12H,1-6,10,13-14H2. The molecule has 1 radical (unpaired) electrons. The molecule has 0 heterocycles. The molecule has 0 aromatic heterocycles. The third-order valence-electron chi connectivity index (χ3n) is 3.16. The first-order chi connectivity index (χ1) is 9.24.